The lowest BCUT2D eigenvalue weighted by Gasteiger charge is -2.14. The van der Waals surface area contributed by atoms with Crippen LogP contribution >= 0.6 is 31.9 Å². The third-order valence-corrected chi connectivity index (χ3v) is 4.31. The Labute approximate surface area is 119 Å². The van der Waals surface area contributed by atoms with E-state index in [2.05, 4.69) is 50.2 Å². The van der Waals surface area contributed by atoms with E-state index in [1.165, 1.54) is 18.4 Å². The number of hydrogen-bond donors (Lipinski definition) is 1. The maximum absolute atomic E-state index is 5.42. The Bertz CT molecular complexity index is 416. The van der Waals surface area contributed by atoms with Gasteiger partial charge in [-0.1, -0.05) is 22.9 Å². The van der Waals surface area contributed by atoms with E-state index in [1.54, 1.807) is 7.11 Å². The fraction of sp³-hybridized carbons (Fsp3) is 0.538. The molecule has 2 nitrogen and oxygen atoms in total. The highest BCUT2D eigenvalue weighted by molar-refractivity contribution is 9.11. The smallest absolute Gasteiger partial charge is 0.137 e. The topological polar surface area (TPSA) is 21.3 Å². The summed E-state index contributed by atoms with van der Waals surface area (Å²) in [6, 6.07) is 4.11. The first-order valence-corrected chi connectivity index (χ1v) is 7.35. The van der Waals surface area contributed by atoms with Gasteiger partial charge in [0.25, 0.3) is 0 Å². The van der Waals surface area contributed by atoms with Crippen molar-refractivity contribution in [3.05, 3.63) is 26.6 Å². The molecule has 1 aliphatic rings. The Hall–Kier alpha value is -0.0600. The van der Waals surface area contributed by atoms with Crippen LogP contribution in [0.25, 0.3) is 0 Å². The van der Waals surface area contributed by atoms with Gasteiger partial charge in [-0.2, -0.15) is 0 Å². The number of ether oxygens (including phenoxy) is 1. The third-order valence-electron chi connectivity index (χ3n) is 3.26. The summed E-state index contributed by atoms with van der Waals surface area (Å²) in [7, 11) is 1.71. The summed E-state index contributed by atoms with van der Waals surface area (Å²) in [5, 5.41) is 3.51. The highest BCUT2D eigenvalue weighted by atomic mass is 79.9. The van der Waals surface area contributed by atoms with Crippen molar-refractivity contribution in [2.45, 2.75) is 26.3 Å². The van der Waals surface area contributed by atoms with E-state index in [9.17, 15) is 0 Å². The van der Waals surface area contributed by atoms with Crippen LogP contribution in [0.5, 0.6) is 5.75 Å². The van der Waals surface area contributed by atoms with Gasteiger partial charge < -0.3 is 10.1 Å². The van der Waals surface area contributed by atoms with Gasteiger partial charge in [-0.15, -0.1) is 0 Å². The molecule has 0 radical (unpaired) electrons. The molecule has 1 saturated carbocycles. The van der Waals surface area contributed by atoms with Crippen LogP contribution < -0.4 is 10.1 Å². The molecule has 1 aromatic rings. The zero-order chi connectivity index (χ0) is 12.5. The highest BCUT2D eigenvalue weighted by Gasteiger charge is 2.36. The largest absolute Gasteiger partial charge is 0.495 e. The second kappa shape index (κ2) is 5.29. The Morgan fingerprint density at radius 1 is 1.35 bits per heavy atom. The van der Waals surface area contributed by atoms with Crippen molar-refractivity contribution in [2.24, 2.45) is 5.41 Å². The zero-order valence-corrected chi connectivity index (χ0v) is 13.3. The summed E-state index contributed by atoms with van der Waals surface area (Å²) in [5.74, 6) is 0.918. The Morgan fingerprint density at radius 3 is 2.65 bits per heavy atom. The van der Waals surface area contributed by atoms with Crippen molar-refractivity contribution >= 4 is 31.9 Å². The van der Waals surface area contributed by atoms with Crippen molar-refractivity contribution in [1.29, 1.82) is 0 Å². The molecule has 0 amide bonds. The fourth-order valence-corrected chi connectivity index (χ4v) is 3.34. The summed E-state index contributed by atoms with van der Waals surface area (Å²) in [6.07, 6.45) is 2.69. The normalized spacial score (nSPS) is 16.9. The van der Waals surface area contributed by atoms with E-state index < -0.39 is 0 Å². The minimum Gasteiger partial charge on any atom is -0.495 e. The molecule has 0 aromatic heterocycles. The van der Waals surface area contributed by atoms with Crippen molar-refractivity contribution in [3.63, 3.8) is 0 Å². The van der Waals surface area contributed by atoms with Gasteiger partial charge in [0.2, 0.25) is 0 Å². The van der Waals surface area contributed by atoms with E-state index in [1.807, 2.05) is 6.07 Å². The van der Waals surface area contributed by atoms with Crippen LogP contribution in [0, 0.1) is 5.41 Å². The maximum atomic E-state index is 5.42. The summed E-state index contributed by atoms with van der Waals surface area (Å²) in [4.78, 5) is 0. The summed E-state index contributed by atoms with van der Waals surface area (Å²) in [6.45, 7) is 4.26. The van der Waals surface area contributed by atoms with Crippen molar-refractivity contribution in [2.75, 3.05) is 13.7 Å². The van der Waals surface area contributed by atoms with Gasteiger partial charge in [0.1, 0.15) is 5.75 Å². The minimum atomic E-state index is 0.538. The van der Waals surface area contributed by atoms with Gasteiger partial charge in [0, 0.05) is 23.1 Å². The van der Waals surface area contributed by atoms with E-state index in [4.69, 9.17) is 4.74 Å². The van der Waals surface area contributed by atoms with E-state index in [-0.39, 0.29) is 0 Å². The van der Waals surface area contributed by atoms with Gasteiger partial charge in [0.15, 0.2) is 0 Å². The summed E-state index contributed by atoms with van der Waals surface area (Å²) in [5.41, 5.74) is 1.72. The van der Waals surface area contributed by atoms with E-state index in [0.717, 1.165) is 27.8 Å². The lowest BCUT2D eigenvalue weighted by atomic mass is 10.1. The van der Waals surface area contributed by atoms with Crippen molar-refractivity contribution in [1.82, 2.24) is 5.32 Å². The SMILES string of the molecule is COc1c(Br)cc(Br)cc1CNCC1(C)CC1. The Morgan fingerprint density at radius 2 is 2.06 bits per heavy atom. The number of benzene rings is 1. The molecular weight excluding hydrogens is 346 g/mol. The minimum absolute atomic E-state index is 0.538. The third kappa shape index (κ3) is 3.46. The van der Waals surface area contributed by atoms with Crippen LogP contribution in [0.2, 0.25) is 0 Å². The molecule has 0 saturated heterocycles. The first-order valence-electron chi connectivity index (χ1n) is 5.77. The molecule has 0 aliphatic heterocycles. The lowest BCUT2D eigenvalue weighted by molar-refractivity contribution is 0.402. The van der Waals surface area contributed by atoms with Crippen LogP contribution in [0.4, 0.5) is 0 Å². The molecule has 1 N–H and O–H groups in total. The fourth-order valence-electron chi connectivity index (χ4n) is 1.86. The van der Waals surface area contributed by atoms with Crippen molar-refractivity contribution < 1.29 is 4.74 Å². The summed E-state index contributed by atoms with van der Waals surface area (Å²) < 4.78 is 7.48. The number of halogens is 2. The number of rotatable bonds is 5. The molecule has 1 fully saturated rings. The molecule has 0 bridgehead atoms. The van der Waals surface area contributed by atoms with E-state index >= 15 is 0 Å². The highest BCUT2D eigenvalue weighted by Crippen LogP contribution is 2.44. The Kier molecular flexibility index (Phi) is 4.16. The average molecular weight is 363 g/mol. The second-order valence-corrected chi connectivity index (χ2v) is 6.76. The second-order valence-electron chi connectivity index (χ2n) is 4.99. The molecule has 4 heteroatoms. The lowest BCUT2D eigenvalue weighted by Crippen LogP contribution is -2.21. The van der Waals surface area contributed by atoms with Gasteiger partial charge in [-0.25, -0.2) is 0 Å². The van der Waals surface area contributed by atoms with Gasteiger partial charge in [-0.3, -0.25) is 0 Å². The molecule has 1 aromatic carbocycles. The Balaban J connectivity index is 2.03. The van der Waals surface area contributed by atoms with E-state index in [0.29, 0.717) is 5.41 Å². The average Bonchev–Trinajstić information content (AvgIpc) is 2.96. The monoisotopic (exact) mass is 361 g/mol. The molecule has 0 unspecified atom stereocenters. The maximum Gasteiger partial charge on any atom is 0.137 e. The first-order chi connectivity index (χ1) is 8.04. The standard InChI is InChI=1S/C13H17Br2NO/c1-13(3-4-13)8-16-7-9-5-10(14)6-11(15)12(9)17-2/h5-6,16H,3-4,7-8H2,1-2H3. The van der Waals surface area contributed by atoms with Gasteiger partial charge >= 0.3 is 0 Å². The number of methoxy groups -OCH3 is 1. The predicted octanol–water partition coefficient (Wildman–Crippen LogP) is 4.11. The van der Waals surface area contributed by atoms with Crippen LogP contribution in [0.15, 0.2) is 21.1 Å². The van der Waals surface area contributed by atoms with Crippen molar-refractivity contribution in [3.8, 4) is 5.75 Å². The molecule has 17 heavy (non-hydrogen) atoms. The van der Waals surface area contributed by atoms with Crippen LogP contribution in [-0.2, 0) is 6.54 Å². The number of hydrogen-bond acceptors (Lipinski definition) is 2. The molecule has 94 valence electrons. The molecule has 1 aliphatic carbocycles. The molecule has 2 rings (SSSR count). The predicted molar refractivity (Wildman–Crippen MR) is 77.4 cm³/mol. The van der Waals surface area contributed by atoms with Crippen LogP contribution in [0.3, 0.4) is 0 Å². The van der Waals surface area contributed by atoms with Gasteiger partial charge in [-0.05, 0) is 46.3 Å². The van der Waals surface area contributed by atoms with Crippen LogP contribution in [0.1, 0.15) is 25.3 Å². The summed E-state index contributed by atoms with van der Waals surface area (Å²) >= 11 is 7.03. The van der Waals surface area contributed by atoms with Gasteiger partial charge in [0.05, 0.1) is 11.6 Å². The quantitative estimate of drug-likeness (QED) is 0.850. The molecule has 0 atom stereocenters. The van der Waals surface area contributed by atoms with Crippen LogP contribution in [-0.4, -0.2) is 13.7 Å². The first kappa shape index (κ1) is 13.4. The molecular formula is C13H17Br2NO. The zero-order valence-electron chi connectivity index (χ0n) is 10.1. The molecule has 0 heterocycles. The number of nitrogens with one attached hydrogen (secondary N) is 1. The molecule has 0 spiro atoms.